The average Bonchev–Trinajstić information content (AvgIpc) is 3.04. The lowest BCUT2D eigenvalue weighted by molar-refractivity contribution is -0.116. The van der Waals surface area contributed by atoms with Crippen LogP contribution in [0.15, 0.2) is 29.4 Å². The van der Waals surface area contributed by atoms with Crippen LogP contribution in [0, 0.1) is 0 Å². The largest absolute Gasteiger partial charge is 0.462 e. The summed E-state index contributed by atoms with van der Waals surface area (Å²) in [6.07, 6.45) is 0.194. The fraction of sp³-hybridized carbons (Fsp3) is 0.474. The zero-order chi connectivity index (χ0) is 19.1. The van der Waals surface area contributed by atoms with E-state index in [2.05, 4.69) is 24.0 Å². The maximum absolute atomic E-state index is 12.4. The second kappa shape index (κ2) is 9.52. The summed E-state index contributed by atoms with van der Waals surface area (Å²) in [7, 11) is 0. The molecule has 6 nitrogen and oxygen atoms in total. The number of aromatic nitrogens is 3. The Hall–Kier alpha value is -2.15. The van der Waals surface area contributed by atoms with Crippen molar-refractivity contribution in [2.24, 2.45) is 0 Å². The molecule has 0 unspecified atom stereocenters. The SMILES string of the molecule is CCOC(=O)c1ccccc1CC(=O)CSc1nnc(C(C)C)n1CC. The van der Waals surface area contributed by atoms with Crippen molar-refractivity contribution < 1.29 is 14.3 Å². The number of hydrogen-bond donors (Lipinski definition) is 0. The number of hydrogen-bond acceptors (Lipinski definition) is 6. The summed E-state index contributed by atoms with van der Waals surface area (Å²) in [5.41, 5.74) is 1.14. The van der Waals surface area contributed by atoms with Gasteiger partial charge >= 0.3 is 5.97 Å². The third kappa shape index (κ3) is 4.94. The van der Waals surface area contributed by atoms with Gasteiger partial charge in [0.25, 0.3) is 0 Å². The third-order valence-electron chi connectivity index (χ3n) is 3.84. The number of ketones is 1. The van der Waals surface area contributed by atoms with Crippen LogP contribution in [0.3, 0.4) is 0 Å². The van der Waals surface area contributed by atoms with Crippen LogP contribution in [0.4, 0.5) is 0 Å². The maximum Gasteiger partial charge on any atom is 0.338 e. The van der Waals surface area contributed by atoms with E-state index in [0.717, 1.165) is 17.5 Å². The number of esters is 1. The fourth-order valence-electron chi connectivity index (χ4n) is 2.62. The normalized spacial score (nSPS) is 11.0. The van der Waals surface area contributed by atoms with Crippen LogP contribution in [0.2, 0.25) is 0 Å². The molecule has 0 N–H and O–H groups in total. The molecule has 0 spiro atoms. The van der Waals surface area contributed by atoms with Crippen LogP contribution in [0.25, 0.3) is 0 Å². The van der Waals surface area contributed by atoms with Gasteiger partial charge in [0.05, 0.1) is 17.9 Å². The van der Waals surface area contributed by atoms with Crippen molar-refractivity contribution in [3.8, 4) is 0 Å². The molecule has 0 aliphatic carbocycles. The van der Waals surface area contributed by atoms with E-state index in [9.17, 15) is 9.59 Å². The van der Waals surface area contributed by atoms with Crippen molar-refractivity contribution in [2.75, 3.05) is 12.4 Å². The predicted molar refractivity (Wildman–Crippen MR) is 102 cm³/mol. The fourth-order valence-corrected chi connectivity index (χ4v) is 3.49. The summed E-state index contributed by atoms with van der Waals surface area (Å²) < 4.78 is 7.09. The van der Waals surface area contributed by atoms with E-state index in [1.54, 1.807) is 25.1 Å². The Morgan fingerprint density at radius 2 is 1.92 bits per heavy atom. The zero-order valence-corrected chi connectivity index (χ0v) is 16.5. The van der Waals surface area contributed by atoms with Gasteiger partial charge in [0.2, 0.25) is 0 Å². The minimum atomic E-state index is -0.393. The molecular formula is C19H25N3O3S. The van der Waals surface area contributed by atoms with Gasteiger partial charge in [-0.25, -0.2) is 4.79 Å². The number of Topliss-reactive ketones (excluding diaryl/α,β-unsaturated/α-hetero) is 1. The number of nitrogens with zero attached hydrogens (tertiary/aromatic N) is 3. The Kier molecular flexibility index (Phi) is 7.38. The summed E-state index contributed by atoms with van der Waals surface area (Å²) in [5, 5.41) is 9.19. The van der Waals surface area contributed by atoms with Gasteiger partial charge in [-0.15, -0.1) is 10.2 Å². The highest BCUT2D eigenvalue weighted by molar-refractivity contribution is 7.99. The summed E-state index contributed by atoms with van der Waals surface area (Å²) in [6.45, 7) is 9.02. The molecule has 0 amide bonds. The van der Waals surface area contributed by atoms with E-state index >= 15 is 0 Å². The van der Waals surface area contributed by atoms with Crippen molar-refractivity contribution in [1.29, 1.82) is 0 Å². The van der Waals surface area contributed by atoms with Gasteiger partial charge in [0.1, 0.15) is 11.6 Å². The molecule has 1 heterocycles. The van der Waals surface area contributed by atoms with E-state index in [1.807, 2.05) is 17.6 Å². The molecule has 0 aliphatic heterocycles. The molecule has 0 fully saturated rings. The Morgan fingerprint density at radius 1 is 1.19 bits per heavy atom. The van der Waals surface area contributed by atoms with Crippen LogP contribution >= 0.6 is 11.8 Å². The maximum atomic E-state index is 12.4. The van der Waals surface area contributed by atoms with Gasteiger partial charge in [-0.3, -0.25) is 4.79 Å². The molecule has 0 atom stereocenters. The topological polar surface area (TPSA) is 74.1 Å². The lowest BCUT2D eigenvalue weighted by atomic mass is 10.0. The molecule has 0 bridgehead atoms. The molecule has 0 aliphatic rings. The smallest absolute Gasteiger partial charge is 0.338 e. The van der Waals surface area contributed by atoms with E-state index in [1.165, 1.54) is 11.8 Å². The summed E-state index contributed by atoms with van der Waals surface area (Å²) in [4.78, 5) is 24.4. The number of carbonyl (C=O) groups excluding carboxylic acids is 2. The molecular weight excluding hydrogens is 350 g/mol. The quantitative estimate of drug-likeness (QED) is 0.493. The van der Waals surface area contributed by atoms with E-state index in [0.29, 0.717) is 17.7 Å². The molecule has 0 saturated heterocycles. The van der Waals surface area contributed by atoms with Gasteiger partial charge < -0.3 is 9.30 Å². The minimum Gasteiger partial charge on any atom is -0.462 e. The molecule has 2 rings (SSSR count). The molecule has 2 aromatic rings. The molecule has 0 radical (unpaired) electrons. The monoisotopic (exact) mass is 375 g/mol. The van der Waals surface area contributed by atoms with Gasteiger partial charge in [-0.2, -0.15) is 0 Å². The first-order valence-corrected chi connectivity index (χ1v) is 9.79. The molecule has 1 aromatic carbocycles. The zero-order valence-electron chi connectivity index (χ0n) is 15.7. The predicted octanol–water partition coefficient (Wildman–Crippen LogP) is 3.50. The Balaban J connectivity index is 2.03. The van der Waals surface area contributed by atoms with Crippen molar-refractivity contribution in [2.45, 2.75) is 51.7 Å². The Morgan fingerprint density at radius 3 is 2.58 bits per heavy atom. The van der Waals surface area contributed by atoms with Crippen molar-refractivity contribution in [3.05, 3.63) is 41.2 Å². The standard InChI is InChI=1S/C19H25N3O3S/c1-5-22-17(13(3)4)20-21-19(22)26-12-15(23)11-14-9-7-8-10-16(14)18(24)25-6-2/h7-10,13H,5-6,11-12H2,1-4H3. The molecule has 140 valence electrons. The van der Waals surface area contributed by atoms with Crippen molar-refractivity contribution in [1.82, 2.24) is 14.8 Å². The Bertz CT molecular complexity index is 771. The summed E-state index contributed by atoms with van der Waals surface area (Å²) >= 11 is 1.39. The van der Waals surface area contributed by atoms with Crippen molar-refractivity contribution in [3.63, 3.8) is 0 Å². The van der Waals surface area contributed by atoms with Crippen LogP contribution in [0.5, 0.6) is 0 Å². The lowest BCUT2D eigenvalue weighted by Gasteiger charge is -2.10. The molecule has 1 aromatic heterocycles. The summed E-state index contributed by atoms with van der Waals surface area (Å²) in [6, 6.07) is 7.07. The average molecular weight is 375 g/mol. The number of thioether (sulfide) groups is 1. The first kappa shape index (κ1) is 20.2. The van der Waals surface area contributed by atoms with E-state index in [-0.39, 0.29) is 23.9 Å². The van der Waals surface area contributed by atoms with Crippen molar-refractivity contribution >= 4 is 23.5 Å². The second-order valence-corrected chi connectivity index (χ2v) is 7.06. The molecule has 7 heteroatoms. The molecule has 0 saturated carbocycles. The van der Waals surface area contributed by atoms with Crippen LogP contribution in [-0.4, -0.2) is 38.9 Å². The first-order chi connectivity index (χ1) is 12.5. The minimum absolute atomic E-state index is 0.0310. The highest BCUT2D eigenvalue weighted by Gasteiger charge is 2.17. The number of ether oxygens (including phenoxy) is 1. The number of carbonyl (C=O) groups is 2. The van der Waals surface area contributed by atoms with Crippen LogP contribution < -0.4 is 0 Å². The highest BCUT2D eigenvalue weighted by atomic mass is 32.2. The number of rotatable bonds is 9. The van der Waals surface area contributed by atoms with Crippen LogP contribution in [0.1, 0.15) is 55.4 Å². The van der Waals surface area contributed by atoms with Gasteiger partial charge in [-0.05, 0) is 25.5 Å². The van der Waals surface area contributed by atoms with Gasteiger partial charge in [0.15, 0.2) is 5.16 Å². The summed E-state index contributed by atoms with van der Waals surface area (Å²) in [5.74, 6) is 1.13. The second-order valence-electron chi connectivity index (χ2n) is 6.12. The van der Waals surface area contributed by atoms with Gasteiger partial charge in [-0.1, -0.05) is 43.8 Å². The van der Waals surface area contributed by atoms with Gasteiger partial charge in [0, 0.05) is 18.9 Å². The highest BCUT2D eigenvalue weighted by Crippen LogP contribution is 2.22. The first-order valence-electron chi connectivity index (χ1n) is 8.80. The van der Waals surface area contributed by atoms with E-state index < -0.39 is 5.97 Å². The third-order valence-corrected chi connectivity index (χ3v) is 4.87. The van der Waals surface area contributed by atoms with E-state index in [4.69, 9.17) is 4.74 Å². The molecule has 26 heavy (non-hydrogen) atoms. The number of benzene rings is 1. The lowest BCUT2D eigenvalue weighted by Crippen LogP contribution is -2.13. The van der Waals surface area contributed by atoms with Crippen LogP contribution in [-0.2, 0) is 22.5 Å². The Labute approximate surface area is 158 Å².